The second kappa shape index (κ2) is 18.0. The molecule has 0 radical (unpaired) electrons. The Balaban J connectivity index is 1.12. The van der Waals surface area contributed by atoms with Crippen LogP contribution in [-0.2, 0) is 13.1 Å². The lowest BCUT2D eigenvalue weighted by Gasteiger charge is -2.09. The highest BCUT2D eigenvalue weighted by Crippen LogP contribution is 2.43. The van der Waals surface area contributed by atoms with E-state index in [0.717, 1.165) is 13.1 Å². The second-order valence-electron chi connectivity index (χ2n) is 15.5. The van der Waals surface area contributed by atoms with Crippen LogP contribution in [0.5, 0.6) is 0 Å². The maximum absolute atomic E-state index is 2.64. The highest BCUT2D eigenvalue weighted by Gasteiger charge is 2.17. The lowest BCUT2D eigenvalue weighted by molar-refractivity contribution is 0.541. The zero-order valence-corrected chi connectivity index (χ0v) is 32.6. The molecule has 0 saturated heterocycles. The summed E-state index contributed by atoms with van der Waals surface area (Å²) in [7, 11) is 0. The Labute approximate surface area is 311 Å². The Morgan fingerprint density at radius 2 is 0.706 bits per heavy atom. The average Bonchev–Trinajstić information content (AvgIpc) is 3.78. The molecule has 0 saturated carbocycles. The summed E-state index contributed by atoms with van der Waals surface area (Å²) < 4.78 is 8.10. The molecule has 270 valence electrons. The number of thiophene rings is 1. The minimum absolute atomic E-state index is 1.10. The lowest BCUT2D eigenvalue weighted by Crippen LogP contribution is -1.98. The van der Waals surface area contributed by atoms with Gasteiger partial charge >= 0.3 is 0 Å². The van der Waals surface area contributed by atoms with E-state index < -0.39 is 0 Å². The van der Waals surface area contributed by atoms with Crippen molar-refractivity contribution in [3.63, 3.8) is 0 Å². The molecule has 7 aromatic rings. The van der Waals surface area contributed by atoms with Gasteiger partial charge in [0, 0.05) is 76.9 Å². The molecule has 0 aliphatic heterocycles. The predicted molar refractivity (Wildman–Crippen MR) is 229 cm³/mol. The largest absolute Gasteiger partial charge is 0.340 e. The van der Waals surface area contributed by atoms with Gasteiger partial charge in [-0.15, -0.1) is 11.3 Å². The number of aromatic nitrogens is 2. The maximum atomic E-state index is 2.64. The normalized spacial score (nSPS) is 12.3. The number of unbranched alkanes of at least 4 members (excludes halogenated alkanes) is 18. The number of aryl methyl sites for hydroxylation is 2. The third-order valence-corrected chi connectivity index (χ3v) is 12.8. The third kappa shape index (κ3) is 8.20. The molecule has 3 heteroatoms. The Morgan fingerprint density at radius 3 is 1.10 bits per heavy atom. The summed E-state index contributed by atoms with van der Waals surface area (Å²) >= 11 is 1.98. The molecule has 0 fully saturated rings. The summed E-state index contributed by atoms with van der Waals surface area (Å²) in [6.07, 6.45) is 27.5. The van der Waals surface area contributed by atoms with E-state index in [0.29, 0.717) is 0 Å². The van der Waals surface area contributed by atoms with Crippen LogP contribution in [0.4, 0.5) is 0 Å². The number of fused-ring (bicyclic) bond motifs is 9. The van der Waals surface area contributed by atoms with E-state index in [-0.39, 0.29) is 0 Å². The molecule has 0 N–H and O–H groups in total. The fraction of sp³-hybridized carbons (Fsp3) is 0.500. The van der Waals surface area contributed by atoms with Gasteiger partial charge in [0.1, 0.15) is 0 Å². The molecule has 0 atom stereocenters. The lowest BCUT2D eigenvalue weighted by atomic mass is 10.1. The third-order valence-electron chi connectivity index (χ3n) is 11.7. The number of hydrogen-bond acceptors (Lipinski definition) is 1. The van der Waals surface area contributed by atoms with Gasteiger partial charge in [0.25, 0.3) is 0 Å². The van der Waals surface area contributed by atoms with Gasteiger partial charge in [0.15, 0.2) is 0 Å². The molecule has 0 spiro atoms. The summed E-state index contributed by atoms with van der Waals surface area (Å²) in [5, 5.41) is 8.48. The average molecular weight is 699 g/mol. The van der Waals surface area contributed by atoms with Crippen molar-refractivity contribution in [1.82, 2.24) is 9.13 Å². The molecule has 2 nitrogen and oxygen atoms in total. The van der Waals surface area contributed by atoms with Crippen molar-refractivity contribution >= 4 is 75.1 Å². The summed E-state index contributed by atoms with van der Waals surface area (Å²) in [5.41, 5.74) is 5.60. The van der Waals surface area contributed by atoms with E-state index >= 15 is 0 Å². The topological polar surface area (TPSA) is 9.86 Å². The molecule has 0 aliphatic rings. The molecule has 3 aromatic heterocycles. The highest BCUT2D eigenvalue weighted by molar-refractivity contribution is 7.26. The minimum atomic E-state index is 1.10. The van der Waals surface area contributed by atoms with Crippen LogP contribution in [-0.4, -0.2) is 9.13 Å². The van der Waals surface area contributed by atoms with Crippen molar-refractivity contribution in [2.24, 2.45) is 0 Å². The Morgan fingerprint density at radius 1 is 0.353 bits per heavy atom. The Hall–Kier alpha value is -3.30. The summed E-state index contributed by atoms with van der Waals surface area (Å²) in [5.74, 6) is 0. The summed E-state index contributed by atoms with van der Waals surface area (Å²) in [6, 6.07) is 28.3. The molecule has 51 heavy (non-hydrogen) atoms. The SMILES string of the molecule is CCCCCCCCCCCCn1c2ccccc2c2cc3sc4cc5c6ccccc6n(CCCCCCCCCCCC)c5cc4c3cc21. The smallest absolute Gasteiger partial charge is 0.0498 e. The van der Waals surface area contributed by atoms with Gasteiger partial charge in [-0.1, -0.05) is 166 Å². The van der Waals surface area contributed by atoms with Gasteiger partial charge in [0.05, 0.1) is 0 Å². The van der Waals surface area contributed by atoms with Gasteiger partial charge in [-0.3, -0.25) is 0 Å². The van der Waals surface area contributed by atoms with Gasteiger partial charge in [0.2, 0.25) is 0 Å². The van der Waals surface area contributed by atoms with Crippen molar-refractivity contribution in [3.8, 4) is 0 Å². The van der Waals surface area contributed by atoms with Gasteiger partial charge < -0.3 is 9.13 Å². The van der Waals surface area contributed by atoms with Crippen molar-refractivity contribution in [2.45, 2.75) is 155 Å². The summed E-state index contributed by atoms with van der Waals surface area (Å²) in [6.45, 7) is 6.82. The van der Waals surface area contributed by atoms with Crippen LogP contribution in [0.3, 0.4) is 0 Å². The summed E-state index contributed by atoms with van der Waals surface area (Å²) in [4.78, 5) is 0. The van der Waals surface area contributed by atoms with Crippen LogP contribution in [0.25, 0.3) is 63.8 Å². The maximum Gasteiger partial charge on any atom is 0.0498 e. The minimum Gasteiger partial charge on any atom is -0.340 e. The molecular formula is C48H62N2S. The molecule has 4 aromatic carbocycles. The van der Waals surface area contributed by atoms with E-state index in [1.54, 1.807) is 0 Å². The zero-order valence-electron chi connectivity index (χ0n) is 31.8. The first kappa shape index (κ1) is 36.1. The van der Waals surface area contributed by atoms with Crippen LogP contribution in [0, 0.1) is 0 Å². The van der Waals surface area contributed by atoms with Crippen LogP contribution in [0.2, 0.25) is 0 Å². The van der Waals surface area contributed by atoms with Crippen LogP contribution in [0.1, 0.15) is 142 Å². The van der Waals surface area contributed by atoms with E-state index in [2.05, 4.69) is 95.8 Å². The molecular weight excluding hydrogens is 637 g/mol. The van der Waals surface area contributed by atoms with Gasteiger partial charge in [-0.25, -0.2) is 0 Å². The number of para-hydroxylation sites is 2. The van der Waals surface area contributed by atoms with Crippen molar-refractivity contribution in [2.75, 3.05) is 0 Å². The van der Waals surface area contributed by atoms with Crippen LogP contribution < -0.4 is 0 Å². The molecule has 7 rings (SSSR count). The van der Waals surface area contributed by atoms with Crippen LogP contribution >= 0.6 is 11.3 Å². The quantitative estimate of drug-likeness (QED) is 0.0624. The van der Waals surface area contributed by atoms with Crippen LogP contribution in [0.15, 0.2) is 72.8 Å². The first-order valence-corrected chi connectivity index (χ1v) is 21.9. The zero-order chi connectivity index (χ0) is 34.8. The highest BCUT2D eigenvalue weighted by atomic mass is 32.1. The molecule has 0 bridgehead atoms. The number of benzene rings is 4. The number of rotatable bonds is 22. The molecule has 0 aliphatic carbocycles. The standard InChI is InChI=1S/C48H62N2S/c1-3-5-7-9-11-13-15-17-19-25-31-49-43-29-23-21-27-37(43)39-35-47-41(33-45(39)49)42-34-46-40(36-48(42)51-47)38-28-22-24-30-44(38)50(46)32-26-20-18-16-14-12-10-8-6-4-2/h21-24,27-30,33-36H,3-20,25-26,31-32H2,1-2H3. The van der Waals surface area contributed by atoms with E-state index in [9.17, 15) is 0 Å². The molecule has 3 heterocycles. The van der Waals surface area contributed by atoms with E-state index in [4.69, 9.17) is 0 Å². The van der Waals surface area contributed by atoms with E-state index in [1.807, 2.05) is 11.3 Å². The molecule has 0 unspecified atom stereocenters. The Bertz CT molecular complexity index is 2000. The van der Waals surface area contributed by atoms with Crippen molar-refractivity contribution in [1.29, 1.82) is 0 Å². The molecule has 0 amide bonds. The fourth-order valence-corrected chi connectivity index (χ4v) is 10.0. The predicted octanol–water partition coefficient (Wildman–Crippen LogP) is 16.1. The number of hydrogen-bond donors (Lipinski definition) is 0. The Kier molecular flexibility index (Phi) is 12.7. The second-order valence-corrected chi connectivity index (χ2v) is 16.6. The monoisotopic (exact) mass is 698 g/mol. The van der Waals surface area contributed by atoms with Crippen molar-refractivity contribution in [3.05, 3.63) is 72.8 Å². The van der Waals surface area contributed by atoms with Gasteiger partial charge in [-0.05, 0) is 49.2 Å². The van der Waals surface area contributed by atoms with Gasteiger partial charge in [-0.2, -0.15) is 0 Å². The number of nitrogens with zero attached hydrogens (tertiary/aromatic N) is 2. The van der Waals surface area contributed by atoms with E-state index in [1.165, 1.54) is 192 Å². The first-order valence-electron chi connectivity index (χ1n) is 21.1. The van der Waals surface area contributed by atoms with Crippen molar-refractivity contribution < 1.29 is 0 Å². The first-order chi connectivity index (χ1) is 25.3. The fourth-order valence-electron chi connectivity index (χ4n) is 8.85.